The number of hydrogen-bond acceptors (Lipinski definition) is 3. The minimum atomic E-state index is 0.197. The van der Waals surface area contributed by atoms with Crippen LogP contribution in [0, 0.1) is 0 Å². The Morgan fingerprint density at radius 1 is 1.17 bits per heavy atom. The summed E-state index contributed by atoms with van der Waals surface area (Å²) in [5.74, 6) is 0.647. The van der Waals surface area contributed by atoms with Crippen LogP contribution in [0.2, 0.25) is 5.02 Å². The second-order valence-corrected chi connectivity index (χ2v) is 7.28. The Hall–Kier alpha value is -1.49. The first-order valence-corrected chi connectivity index (χ1v) is 9.46. The molecule has 0 radical (unpaired) electrons. The maximum atomic E-state index is 12.5. The van der Waals surface area contributed by atoms with Crippen LogP contribution in [0.1, 0.15) is 0 Å². The van der Waals surface area contributed by atoms with Crippen LogP contribution >= 0.6 is 23.4 Å². The van der Waals surface area contributed by atoms with Gasteiger partial charge in [-0.3, -0.25) is 9.69 Å². The van der Waals surface area contributed by atoms with Crippen molar-refractivity contribution in [3.05, 3.63) is 54.1 Å². The van der Waals surface area contributed by atoms with Crippen LogP contribution in [0.3, 0.4) is 0 Å². The van der Waals surface area contributed by atoms with E-state index < -0.39 is 0 Å². The maximum Gasteiger partial charge on any atom is 0.233 e. The zero-order valence-corrected chi connectivity index (χ0v) is 15.2. The van der Waals surface area contributed by atoms with Crippen molar-refractivity contribution < 1.29 is 4.79 Å². The fourth-order valence-corrected chi connectivity index (χ4v) is 4.32. The van der Waals surface area contributed by atoms with Crippen molar-refractivity contribution in [1.29, 1.82) is 0 Å². The molecule has 2 aromatic rings. The van der Waals surface area contributed by atoms with Crippen LogP contribution in [0.25, 0.3) is 10.8 Å². The van der Waals surface area contributed by atoms with Gasteiger partial charge >= 0.3 is 0 Å². The number of carbonyl (C=O) groups excluding carboxylic acids is 1. The molecule has 1 fully saturated rings. The van der Waals surface area contributed by atoms with Crippen molar-refractivity contribution in [1.82, 2.24) is 9.80 Å². The van der Waals surface area contributed by atoms with Crippen molar-refractivity contribution >= 4 is 40.0 Å². The fraction of sp³-hybridized carbons (Fsp3) is 0.316. The van der Waals surface area contributed by atoms with Crippen molar-refractivity contribution in [2.45, 2.75) is 4.90 Å². The number of fused-ring (bicyclic) bond motifs is 1. The van der Waals surface area contributed by atoms with E-state index in [1.807, 2.05) is 47.4 Å². The number of benzene rings is 2. The Morgan fingerprint density at radius 2 is 1.88 bits per heavy atom. The van der Waals surface area contributed by atoms with Gasteiger partial charge in [0.1, 0.15) is 0 Å². The van der Waals surface area contributed by atoms with E-state index >= 15 is 0 Å². The summed E-state index contributed by atoms with van der Waals surface area (Å²) in [4.78, 5) is 17.8. The van der Waals surface area contributed by atoms with Gasteiger partial charge in [0.25, 0.3) is 0 Å². The van der Waals surface area contributed by atoms with Gasteiger partial charge in [-0.25, -0.2) is 0 Å². The summed E-state index contributed by atoms with van der Waals surface area (Å²) >= 11 is 7.92. The summed E-state index contributed by atoms with van der Waals surface area (Å²) < 4.78 is 0. The van der Waals surface area contributed by atoms with E-state index in [0.29, 0.717) is 5.75 Å². The summed E-state index contributed by atoms with van der Waals surface area (Å²) in [5.41, 5.74) is 0. The third-order valence-electron chi connectivity index (χ3n) is 4.28. The van der Waals surface area contributed by atoms with Gasteiger partial charge in [0.05, 0.1) is 5.75 Å². The first-order chi connectivity index (χ1) is 11.7. The van der Waals surface area contributed by atoms with Crippen LogP contribution in [0.4, 0.5) is 0 Å². The Labute approximate surface area is 152 Å². The van der Waals surface area contributed by atoms with Crippen molar-refractivity contribution in [2.75, 3.05) is 38.5 Å². The normalized spacial score (nSPS) is 15.6. The molecule has 3 nitrogen and oxygen atoms in total. The standard InChI is InChI=1S/C19H21ClN2OS/c1-2-9-21-10-12-22(13-11-21)18(23)14-24-17-8-4-6-15-5-3-7-16(20)19(15)17/h2-8H,1,9-14H2. The Morgan fingerprint density at radius 3 is 2.58 bits per heavy atom. The second kappa shape index (κ2) is 8.06. The smallest absolute Gasteiger partial charge is 0.233 e. The average molecular weight is 361 g/mol. The lowest BCUT2D eigenvalue weighted by Crippen LogP contribution is -2.49. The van der Waals surface area contributed by atoms with E-state index in [2.05, 4.69) is 11.5 Å². The SMILES string of the molecule is C=CCN1CCN(C(=O)CSc2cccc3cccc(Cl)c23)CC1. The summed E-state index contributed by atoms with van der Waals surface area (Å²) in [5, 5.41) is 2.88. The molecule has 0 bridgehead atoms. The Kier molecular flexibility index (Phi) is 5.82. The highest BCUT2D eigenvalue weighted by atomic mass is 35.5. The highest BCUT2D eigenvalue weighted by molar-refractivity contribution is 8.00. The Bertz CT molecular complexity index is 736. The van der Waals surface area contributed by atoms with E-state index in [0.717, 1.165) is 53.4 Å². The molecule has 3 rings (SSSR count). The molecule has 2 aromatic carbocycles. The molecule has 1 heterocycles. The third-order valence-corrected chi connectivity index (χ3v) is 5.64. The van der Waals surface area contributed by atoms with Gasteiger partial charge in [-0.15, -0.1) is 18.3 Å². The van der Waals surface area contributed by atoms with Crippen LogP contribution in [0.15, 0.2) is 53.9 Å². The molecule has 1 saturated heterocycles. The average Bonchev–Trinajstić information content (AvgIpc) is 2.61. The number of halogens is 1. The van der Waals surface area contributed by atoms with Gasteiger partial charge in [-0.05, 0) is 17.5 Å². The van der Waals surface area contributed by atoms with Gasteiger partial charge < -0.3 is 4.90 Å². The number of amides is 1. The Balaban J connectivity index is 1.62. The highest BCUT2D eigenvalue weighted by Gasteiger charge is 2.20. The molecule has 1 amide bonds. The number of rotatable bonds is 5. The molecule has 1 aliphatic rings. The number of carbonyl (C=O) groups is 1. The zero-order valence-electron chi connectivity index (χ0n) is 13.6. The lowest BCUT2D eigenvalue weighted by atomic mass is 10.1. The summed E-state index contributed by atoms with van der Waals surface area (Å²) in [6, 6.07) is 12.0. The summed E-state index contributed by atoms with van der Waals surface area (Å²) in [7, 11) is 0. The van der Waals surface area contributed by atoms with Crippen molar-refractivity contribution in [2.24, 2.45) is 0 Å². The number of piperazine rings is 1. The van der Waals surface area contributed by atoms with Crippen LogP contribution in [-0.4, -0.2) is 54.2 Å². The molecule has 0 spiro atoms. The van der Waals surface area contributed by atoms with E-state index in [9.17, 15) is 4.79 Å². The maximum absolute atomic E-state index is 12.5. The largest absolute Gasteiger partial charge is 0.339 e. The molecule has 0 N–H and O–H groups in total. The second-order valence-electron chi connectivity index (χ2n) is 5.85. The monoisotopic (exact) mass is 360 g/mol. The van der Waals surface area contributed by atoms with E-state index in [4.69, 9.17) is 11.6 Å². The first-order valence-electron chi connectivity index (χ1n) is 8.10. The molecular formula is C19H21ClN2OS. The molecule has 0 unspecified atom stereocenters. The summed E-state index contributed by atoms with van der Waals surface area (Å²) in [6.45, 7) is 8.09. The van der Waals surface area contributed by atoms with Gasteiger partial charge in [0.15, 0.2) is 0 Å². The third kappa shape index (κ3) is 3.94. The van der Waals surface area contributed by atoms with E-state index in [-0.39, 0.29) is 5.91 Å². The van der Waals surface area contributed by atoms with E-state index in [1.54, 1.807) is 11.8 Å². The predicted octanol–water partition coefficient (Wildman–Crippen LogP) is 3.92. The molecular weight excluding hydrogens is 340 g/mol. The lowest BCUT2D eigenvalue weighted by molar-refractivity contribution is -0.129. The van der Waals surface area contributed by atoms with Gasteiger partial charge in [-0.2, -0.15) is 0 Å². The zero-order chi connectivity index (χ0) is 16.9. The highest BCUT2D eigenvalue weighted by Crippen LogP contribution is 2.33. The molecule has 0 saturated carbocycles. The number of hydrogen-bond donors (Lipinski definition) is 0. The van der Waals surface area contributed by atoms with Crippen molar-refractivity contribution in [3.63, 3.8) is 0 Å². The topological polar surface area (TPSA) is 23.6 Å². The molecule has 0 aromatic heterocycles. The predicted molar refractivity (Wildman–Crippen MR) is 103 cm³/mol. The first kappa shape index (κ1) is 17.3. The van der Waals surface area contributed by atoms with Gasteiger partial charge in [0, 0.05) is 48.0 Å². The fourth-order valence-electron chi connectivity index (χ4n) is 2.98. The lowest BCUT2D eigenvalue weighted by Gasteiger charge is -2.34. The molecule has 1 aliphatic heterocycles. The molecule has 0 atom stereocenters. The van der Waals surface area contributed by atoms with Gasteiger partial charge in [0.2, 0.25) is 5.91 Å². The molecule has 5 heteroatoms. The van der Waals surface area contributed by atoms with E-state index in [1.165, 1.54) is 0 Å². The summed E-state index contributed by atoms with van der Waals surface area (Å²) in [6.07, 6.45) is 1.91. The number of nitrogens with zero attached hydrogens (tertiary/aromatic N) is 2. The minimum absolute atomic E-state index is 0.197. The molecule has 126 valence electrons. The van der Waals surface area contributed by atoms with Crippen LogP contribution in [0.5, 0.6) is 0 Å². The minimum Gasteiger partial charge on any atom is -0.339 e. The van der Waals surface area contributed by atoms with Crippen molar-refractivity contribution in [3.8, 4) is 0 Å². The van der Waals surface area contributed by atoms with Crippen LogP contribution < -0.4 is 0 Å². The van der Waals surface area contributed by atoms with Crippen LogP contribution in [-0.2, 0) is 4.79 Å². The number of thioether (sulfide) groups is 1. The molecule has 24 heavy (non-hydrogen) atoms. The molecule has 0 aliphatic carbocycles. The van der Waals surface area contributed by atoms with Gasteiger partial charge in [-0.1, -0.05) is 41.9 Å². The quantitative estimate of drug-likeness (QED) is 0.596.